The first kappa shape index (κ1) is 20.8. The van der Waals surface area contributed by atoms with Gasteiger partial charge in [-0.3, -0.25) is 0 Å². The quantitative estimate of drug-likeness (QED) is 0.275. The number of aryl methyl sites for hydroxylation is 1. The van der Waals surface area contributed by atoms with Gasteiger partial charge in [-0.15, -0.1) is 0 Å². The summed E-state index contributed by atoms with van der Waals surface area (Å²) in [4.78, 5) is 21.4. The van der Waals surface area contributed by atoms with Crippen LogP contribution in [-0.4, -0.2) is 32.8 Å². The van der Waals surface area contributed by atoms with Crippen LogP contribution in [0.15, 0.2) is 71.3 Å². The molecule has 0 aliphatic rings. The number of aromatic amines is 1. The van der Waals surface area contributed by atoms with E-state index in [0.717, 1.165) is 39.1 Å². The normalized spacial score (nSPS) is 11.1. The van der Waals surface area contributed by atoms with Gasteiger partial charge in [0, 0.05) is 12.1 Å². The Balaban J connectivity index is 1.51. The van der Waals surface area contributed by atoms with Gasteiger partial charge in [-0.2, -0.15) is 4.98 Å². The molecular weight excluding hydrogens is 436 g/mol. The maximum absolute atomic E-state index is 12.3. The van der Waals surface area contributed by atoms with Crippen LogP contribution in [0.2, 0.25) is 0 Å². The summed E-state index contributed by atoms with van der Waals surface area (Å²) < 4.78 is 12.1. The van der Waals surface area contributed by atoms with Crippen LogP contribution < -0.4 is 0 Å². The Kier molecular flexibility index (Phi) is 5.35. The number of nitrogens with one attached hydrogen (secondary N) is 1. The van der Waals surface area contributed by atoms with Crippen LogP contribution in [-0.2, 0) is 11.3 Å². The lowest BCUT2D eigenvalue weighted by Gasteiger charge is -2.11. The van der Waals surface area contributed by atoms with Crippen molar-refractivity contribution in [2.75, 3.05) is 7.11 Å². The zero-order valence-corrected chi connectivity index (χ0v) is 18.8. The van der Waals surface area contributed by atoms with E-state index in [0.29, 0.717) is 17.9 Å². The van der Waals surface area contributed by atoms with E-state index in [-0.39, 0.29) is 10.8 Å². The van der Waals surface area contributed by atoms with Gasteiger partial charge in [0.1, 0.15) is 5.82 Å². The number of imidazole rings is 1. The number of H-pyrrole nitrogens is 1. The monoisotopic (exact) mass is 456 g/mol. The van der Waals surface area contributed by atoms with Gasteiger partial charge in [0.15, 0.2) is 5.82 Å². The largest absolute Gasteiger partial charge is 0.465 e. The molecule has 0 aliphatic carbocycles. The Bertz CT molecular complexity index is 1530. The number of para-hydroxylation sites is 1. The zero-order chi connectivity index (χ0) is 22.9. The highest BCUT2D eigenvalue weighted by Crippen LogP contribution is 2.31. The molecule has 1 N–H and O–H groups in total. The van der Waals surface area contributed by atoms with Gasteiger partial charge in [0.2, 0.25) is 0 Å². The number of esters is 1. The van der Waals surface area contributed by atoms with Crippen molar-refractivity contribution in [3.05, 3.63) is 88.5 Å². The van der Waals surface area contributed by atoms with E-state index in [4.69, 9.17) is 21.5 Å². The smallest absolute Gasteiger partial charge is 0.340 e. The van der Waals surface area contributed by atoms with E-state index >= 15 is 0 Å². The summed E-state index contributed by atoms with van der Waals surface area (Å²) in [6.45, 7) is 2.52. The maximum Gasteiger partial charge on any atom is 0.340 e. The second kappa shape index (κ2) is 8.48. The molecule has 164 valence electrons. The predicted octanol–water partition coefficient (Wildman–Crippen LogP) is 5.56. The highest BCUT2D eigenvalue weighted by Gasteiger charge is 2.17. The minimum Gasteiger partial charge on any atom is -0.465 e. The van der Waals surface area contributed by atoms with Gasteiger partial charge in [0.25, 0.3) is 0 Å². The van der Waals surface area contributed by atoms with Crippen molar-refractivity contribution in [3.8, 4) is 22.5 Å². The first-order valence-electron chi connectivity index (χ1n) is 10.3. The molecule has 0 amide bonds. The van der Waals surface area contributed by atoms with Crippen LogP contribution in [0, 0.1) is 11.8 Å². The molecule has 0 saturated heterocycles. The average Bonchev–Trinajstić information content (AvgIpc) is 3.41. The number of carbonyl (C=O) groups is 1. The Morgan fingerprint density at radius 1 is 1.03 bits per heavy atom. The summed E-state index contributed by atoms with van der Waals surface area (Å²) in [5, 5.41) is 2.78. The fraction of sp³-hybridized carbons (Fsp3) is 0.120. The molecule has 0 radical (unpaired) electrons. The van der Waals surface area contributed by atoms with E-state index < -0.39 is 0 Å². The van der Waals surface area contributed by atoms with E-state index in [1.165, 1.54) is 7.11 Å². The van der Waals surface area contributed by atoms with Crippen molar-refractivity contribution in [2.45, 2.75) is 13.5 Å². The van der Waals surface area contributed by atoms with E-state index in [9.17, 15) is 4.79 Å². The number of ether oxygens (including phenoxy) is 1. The molecule has 0 unspecified atom stereocenters. The number of methoxy groups -OCH3 is 1. The highest BCUT2D eigenvalue weighted by atomic mass is 32.1. The fourth-order valence-corrected chi connectivity index (χ4v) is 4.16. The molecule has 2 heterocycles. The fourth-order valence-electron chi connectivity index (χ4n) is 4.03. The van der Waals surface area contributed by atoms with Gasteiger partial charge in [-0.1, -0.05) is 54.6 Å². The molecule has 2 aromatic heterocycles. The van der Waals surface area contributed by atoms with Gasteiger partial charge < -0.3 is 13.8 Å². The predicted molar refractivity (Wildman–Crippen MR) is 127 cm³/mol. The lowest BCUT2D eigenvalue weighted by molar-refractivity contribution is 0.0602. The van der Waals surface area contributed by atoms with Gasteiger partial charge in [-0.05, 0) is 48.0 Å². The lowest BCUT2D eigenvalue weighted by atomic mass is 9.98. The SMILES string of the molecule is COC(=O)c1cccc2nc(C)n(Cc3ccc(-c4ccccc4-c4nc(=S)o[nH]4)cc3)c12. The third-order valence-corrected chi connectivity index (χ3v) is 5.76. The van der Waals surface area contributed by atoms with E-state index in [1.54, 1.807) is 6.07 Å². The molecule has 0 bridgehead atoms. The summed E-state index contributed by atoms with van der Waals surface area (Å²) in [5.74, 6) is 1.05. The molecule has 33 heavy (non-hydrogen) atoms. The zero-order valence-electron chi connectivity index (χ0n) is 18.0. The molecule has 5 aromatic rings. The van der Waals surface area contributed by atoms with Crippen LogP contribution >= 0.6 is 12.2 Å². The molecule has 7 nitrogen and oxygen atoms in total. The Labute approximate surface area is 194 Å². The number of fused-ring (bicyclic) bond motifs is 1. The highest BCUT2D eigenvalue weighted by molar-refractivity contribution is 7.71. The Morgan fingerprint density at radius 2 is 1.79 bits per heavy atom. The van der Waals surface area contributed by atoms with E-state index in [2.05, 4.69) is 39.4 Å². The summed E-state index contributed by atoms with van der Waals surface area (Å²) in [5.41, 5.74) is 6.10. The van der Waals surface area contributed by atoms with Gasteiger partial charge in [-0.25, -0.2) is 14.9 Å². The third kappa shape index (κ3) is 3.85. The molecule has 0 atom stereocenters. The van der Waals surface area contributed by atoms with Crippen molar-refractivity contribution in [1.82, 2.24) is 19.7 Å². The van der Waals surface area contributed by atoms with Crippen LogP contribution in [0.4, 0.5) is 0 Å². The summed E-state index contributed by atoms with van der Waals surface area (Å²) in [6.07, 6.45) is 0. The van der Waals surface area contributed by atoms with Gasteiger partial charge in [0.05, 0.1) is 23.7 Å². The topological polar surface area (TPSA) is 85.9 Å². The number of aromatic nitrogens is 4. The standard InChI is InChI=1S/C25H20N4O3S/c1-15-26-21-9-5-8-20(24(30)31-2)22(21)29(15)14-16-10-12-17(13-11-16)18-6-3-4-7-19(18)23-27-25(33)32-28-23/h3-13H,14H2,1-2H3,(H,27,28,33). The molecule has 8 heteroatoms. The van der Waals surface area contributed by atoms with Crippen molar-refractivity contribution in [1.29, 1.82) is 0 Å². The van der Waals surface area contributed by atoms with Crippen LogP contribution in [0.1, 0.15) is 21.7 Å². The average molecular weight is 457 g/mol. The Morgan fingerprint density at radius 3 is 2.48 bits per heavy atom. The first-order valence-corrected chi connectivity index (χ1v) is 10.7. The van der Waals surface area contributed by atoms with Crippen molar-refractivity contribution in [3.63, 3.8) is 0 Å². The molecule has 5 rings (SSSR count). The Hall–Kier alpha value is -4.04. The van der Waals surface area contributed by atoms with Crippen molar-refractivity contribution in [2.24, 2.45) is 0 Å². The minimum atomic E-state index is -0.374. The number of hydrogen-bond acceptors (Lipinski definition) is 6. The maximum atomic E-state index is 12.3. The molecule has 0 fully saturated rings. The third-order valence-electron chi connectivity index (χ3n) is 5.59. The number of nitrogens with zero attached hydrogens (tertiary/aromatic N) is 3. The number of carbonyl (C=O) groups excluding carboxylic acids is 1. The van der Waals surface area contributed by atoms with E-state index in [1.807, 2.05) is 47.9 Å². The number of hydrogen-bond donors (Lipinski definition) is 1. The molecule has 0 aliphatic heterocycles. The summed E-state index contributed by atoms with van der Waals surface area (Å²) >= 11 is 5.00. The van der Waals surface area contributed by atoms with Crippen molar-refractivity contribution >= 4 is 29.2 Å². The first-order chi connectivity index (χ1) is 16.0. The second-order valence-electron chi connectivity index (χ2n) is 7.58. The molecule has 3 aromatic carbocycles. The molecule has 0 spiro atoms. The van der Waals surface area contributed by atoms with Crippen LogP contribution in [0.5, 0.6) is 0 Å². The number of benzene rings is 3. The van der Waals surface area contributed by atoms with Crippen molar-refractivity contribution < 1.29 is 14.1 Å². The summed E-state index contributed by atoms with van der Waals surface area (Å²) in [7, 11) is 1.39. The minimum absolute atomic E-state index is 0.171. The second-order valence-corrected chi connectivity index (χ2v) is 7.93. The lowest BCUT2D eigenvalue weighted by Crippen LogP contribution is -2.08. The van der Waals surface area contributed by atoms with Crippen LogP contribution in [0.25, 0.3) is 33.5 Å². The molecule has 0 saturated carbocycles. The van der Waals surface area contributed by atoms with Crippen LogP contribution in [0.3, 0.4) is 0 Å². The molecular formula is C25H20N4O3S. The number of rotatable bonds is 5. The van der Waals surface area contributed by atoms with Gasteiger partial charge >= 0.3 is 10.8 Å². The summed E-state index contributed by atoms with van der Waals surface area (Å²) in [6, 6.07) is 21.7.